The molecule has 1 aromatic heterocycles. The summed E-state index contributed by atoms with van der Waals surface area (Å²) < 4.78 is 24.6. The van der Waals surface area contributed by atoms with E-state index in [0.717, 1.165) is 6.54 Å². The third-order valence-corrected chi connectivity index (χ3v) is 6.63. The molecule has 37 heavy (non-hydrogen) atoms. The van der Waals surface area contributed by atoms with Gasteiger partial charge in [-0.05, 0) is 49.9 Å². The van der Waals surface area contributed by atoms with Crippen molar-refractivity contribution in [3.05, 3.63) is 59.7 Å². The molecule has 2 aliphatic carbocycles. The van der Waals surface area contributed by atoms with Gasteiger partial charge in [0.15, 0.2) is 0 Å². The van der Waals surface area contributed by atoms with Crippen molar-refractivity contribution in [1.29, 1.82) is 0 Å². The predicted molar refractivity (Wildman–Crippen MR) is 142 cm³/mol. The number of nitrogens with zero attached hydrogens (tertiary/aromatic N) is 3. The Morgan fingerprint density at radius 1 is 1.16 bits per heavy atom. The van der Waals surface area contributed by atoms with E-state index in [9.17, 15) is 9.18 Å². The Balaban J connectivity index is 1.37. The quantitative estimate of drug-likeness (QED) is 0.244. The molecule has 2 N–H and O–H groups in total. The molecule has 3 aromatic rings. The second-order valence-electron chi connectivity index (χ2n) is 9.23. The van der Waals surface area contributed by atoms with Crippen molar-refractivity contribution in [1.82, 2.24) is 14.9 Å². The predicted octanol–water partition coefficient (Wildman–Crippen LogP) is 5.31. The molecule has 0 atom stereocenters. The van der Waals surface area contributed by atoms with E-state index in [1.807, 2.05) is 6.08 Å². The third kappa shape index (κ3) is 6.54. The first-order chi connectivity index (χ1) is 18.0. The van der Waals surface area contributed by atoms with Gasteiger partial charge in [0.05, 0.1) is 22.8 Å². The number of anilines is 3. The van der Waals surface area contributed by atoms with Crippen molar-refractivity contribution >= 4 is 45.6 Å². The smallest absolute Gasteiger partial charge is 0.248 e. The van der Waals surface area contributed by atoms with Gasteiger partial charge in [0.1, 0.15) is 30.3 Å². The zero-order valence-corrected chi connectivity index (χ0v) is 21.3. The third-order valence-electron chi connectivity index (χ3n) is 6.34. The number of carbonyl (C=O) groups is 1. The first kappa shape index (κ1) is 25.4. The summed E-state index contributed by atoms with van der Waals surface area (Å²) in [5, 5.41) is 6.74. The van der Waals surface area contributed by atoms with Crippen LogP contribution in [0.5, 0.6) is 5.75 Å². The summed E-state index contributed by atoms with van der Waals surface area (Å²) in [4.78, 5) is 24.0. The van der Waals surface area contributed by atoms with Gasteiger partial charge in [-0.25, -0.2) is 14.4 Å². The van der Waals surface area contributed by atoms with Gasteiger partial charge >= 0.3 is 0 Å². The maximum Gasteiger partial charge on any atom is 0.248 e. The normalized spacial score (nSPS) is 15.5. The molecule has 0 radical (unpaired) electrons. The largest absolute Gasteiger partial charge is 0.489 e. The van der Waals surface area contributed by atoms with Crippen LogP contribution in [-0.4, -0.2) is 59.7 Å². The van der Waals surface area contributed by atoms with Crippen LogP contribution in [-0.2, 0) is 9.53 Å². The maximum absolute atomic E-state index is 13.6. The van der Waals surface area contributed by atoms with E-state index >= 15 is 0 Å². The van der Waals surface area contributed by atoms with Gasteiger partial charge in [0, 0.05) is 49.0 Å². The number of carbonyl (C=O) groups excluding carboxylic acids is 1. The molecular formula is C27H29ClFN5O3. The first-order valence-corrected chi connectivity index (χ1v) is 12.8. The minimum Gasteiger partial charge on any atom is -0.489 e. The molecule has 2 saturated carbocycles. The van der Waals surface area contributed by atoms with Gasteiger partial charge in [-0.1, -0.05) is 17.7 Å². The van der Waals surface area contributed by atoms with Crippen LogP contribution in [0, 0.1) is 5.82 Å². The summed E-state index contributed by atoms with van der Waals surface area (Å²) in [5.74, 6) is 0.192. The molecule has 0 spiro atoms. The van der Waals surface area contributed by atoms with Crippen molar-refractivity contribution in [3.63, 3.8) is 0 Å². The molecule has 0 bridgehead atoms. The van der Waals surface area contributed by atoms with E-state index in [-0.39, 0.29) is 10.9 Å². The number of rotatable bonds is 12. The molecule has 0 unspecified atom stereocenters. The van der Waals surface area contributed by atoms with Gasteiger partial charge in [-0.3, -0.25) is 9.69 Å². The lowest BCUT2D eigenvalue weighted by Crippen LogP contribution is -2.28. The van der Waals surface area contributed by atoms with Crippen molar-refractivity contribution in [2.24, 2.45) is 0 Å². The zero-order chi connectivity index (χ0) is 25.8. The van der Waals surface area contributed by atoms with Gasteiger partial charge < -0.3 is 20.1 Å². The highest BCUT2D eigenvalue weighted by Crippen LogP contribution is 2.37. The molecule has 5 rings (SSSR count). The highest BCUT2D eigenvalue weighted by molar-refractivity contribution is 6.31. The minimum atomic E-state index is -0.506. The Bertz CT molecular complexity index is 1300. The topological polar surface area (TPSA) is 88.6 Å². The van der Waals surface area contributed by atoms with E-state index in [1.165, 1.54) is 44.1 Å². The summed E-state index contributed by atoms with van der Waals surface area (Å²) in [5.41, 5.74) is 1.65. The average Bonchev–Trinajstić information content (AvgIpc) is 3.80. The van der Waals surface area contributed by atoms with Crippen LogP contribution in [0.4, 0.5) is 21.6 Å². The van der Waals surface area contributed by atoms with E-state index in [2.05, 4.69) is 25.5 Å². The Labute approximate surface area is 219 Å². The second kappa shape index (κ2) is 11.4. The fourth-order valence-corrected chi connectivity index (χ4v) is 4.39. The van der Waals surface area contributed by atoms with Crippen LogP contribution < -0.4 is 15.4 Å². The molecule has 194 valence electrons. The Kier molecular flexibility index (Phi) is 7.83. The highest BCUT2D eigenvalue weighted by atomic mass is 35.5. The molecule has 2 aliphatic rings. The summed E-state index contributed by atoms with van der Waals surface area (Å²) in [6.07, 6.45) is 9.91. The number of aromatic nitrogens is 2. The number of ether oxygens (including phenoxy) is 2. The Morgan fingerprint density at radius 3 is 2.65 bits per heavy atom. The monoisotopic (exact) mass is 525 g/mol. The first-order valence-electron chi connectivity index (χ1n) is 12.4. The number of amides is 1. The van der Waals surface area contributed by atoms with Crippen molar-refractivity contribution < 1.29 is 18.7 Å². The van der Waals surface area contributed by atoms with Crippen LogP contribution in [0.2, 0.25) is 5.02 Å². The lowest BCUT2D eigenvalue weighted by molar-refractivity contribution is -0.111. The van der Waals surface area contributed by atoms with E-state index in [4.69, 9.17) is 21.1 Å². The summed E-state index contributed by atoms with van der Waals surface area (Å²) in [7, 11) is 1.59. The molecule has 1 heterocycles. The number of methoxy groups -OCH3 is 1. The molecule has 1 amide bonds. The molecule has 2 fully saturated rings. The van der Waals surface area contributed by atoms with Gasteiger partial charge in [-0.2, -0.15) is 0 Å². The number of hydrogen-bond acceptors (Lipinski definition) is 7. The summed E-state index contributed by atoms with van der Waals surface area (Å²) >= 11 is 5.93. The van der Waals surface area contributed by atoms with E-state index < -0.39 is 5.82 Å². The van der Waals surface area contributed by atoms with Gasteiger partial charge in [0.2, 0.25) is 5.91 Å². The molecule has 0 aliphatic heterocycles. The summed E-state index contributed by atoms with van der Waals surface area (Å²) in [6, 6.07) is 9.17. The SMILES string of the molecule is COCCOc1cc2ncnc(Nc3ccc(F)c(Cl)c3)c2cc1NC(=O)C=CCN(C1CC1)C1CC1. The van der Waals surface area contributed by atoms with E-state index in [1.54, 1.807) is 31.4 Å². The molecular weight excluding hydrogens is 497 g/mol. The molecule has 10 heteroatoms. The van der Waals surface area contributed by atoms with Gasteiger partial charge in [-0.15, -0.1) is 0 Å². The molecule has 2 aromatic carbocycles. The van der Waals surface area contributed by atoms with Crippen molar-refractivity contribution in [2.45, 2.75) is 37.8 Å². The van der Waals surface area contributed by atoms with Crippen LogP contribution in [0.25, 0.3) is 10.9 Å². The molecule has 0 saturated heterocycles. The lowest BCUT2D eigenvalue weighted by Gasteiger charge is -2.19. The fraction of sp³-hybridized carbons (Fsp3) is 0.370. The lowest BCUT2D eigenvalue weighted by atomic mass is 10.1. The number of fused-ring (bicyclic) bond motifs is 1. The average molecular weight is 526 g/mol. The fourth-order valence-electron chi connectivity index (χ4n) is 4.21. The van der Waals surface area contributed by atoms with Crippen LogP contribution in [0.15, 0.2) is 48.8 Å². The summed E-state index contributed by atoms with van der Waals surface area (Å²) in [6.45, 7) is 1.48. The Hall–Kier alpha value is -3.27. The van der Waals surface area contributed by atoms with E-state index in [0.29, 0.717) is 59.1 Å². The molecule has 8 nitrogen and oxygen atoms in total. The number of nitrogens with one attached hydrogen (secondary N) is 2. The number of benzene rings is 2. The number of halogens is 2. The minimum absolute atomic E-state index is 0.00105. The Morgan fingerprint density at radius 2 is 1.95 bits per heavy atom. The van der Waals surface area contributed by atoms with Crippen LogP contribution in [0.3, 0.4) is 0 Å². The van der Waals surface area contributed by atoms with Crippen LogP contribution >= 0.6 is 11.6 Å². The van der Waals surface area contributed by atoms with Crippen LogP contribution in [0.1, 0.15) is 25.7 Å². The van der Waals surface area contributed by atoms with Crippen molar-refractivity contribution in [3.8, 4) is 5.75 Å². The standard InChI is InChI=1S/C27H29ClFN5O3/c1-36-11-12-37-25-15-23-20(27(31-16-30-23)32-17-4-9-22(29)21(28)13-17)14-24(25)33-26(35)3-2-10-34(18-5-6-18)19-7-8-19/h2-4,9,13-16,18-19H,5-8,10-12H2,1H3,(H,33,35)(H,30,31,32). The zero-order valence-electron chi connectivity index (χ0n) is 20.5. The number of hydrogen-bond donors (Lipinski definition) is 2. The van der Waals surface area contributed by atoms with Crippen molar-refractivity contribution in [2.75, 3.05) is 37.5 Å². The maximum atomic E-state index is 13.6. The van der Waals surface area contributed by atoms with Gasteiger partial charge in [0.25, 0.3) is 0 Å². The second-order valence-corrected chi connectivity index (χ2v) is 9.64. The highest BCUT2D eigenvalue weighted by Gasteiger charge is 2.38.